The summed E-state index contributed by atoms with van der Waals surface area (Å²) in [6.45, 7) is 6.33. The van der Waals surface area contributed by atoms with Crippen LogP contribution in [0, 0.1) is 17.6 Å². The van der Waals surface area contributed by atoms with Gasteiger partial charge >= 0.3 is 0 Å². The van der Waals surface area contributed by atoms with Crippen LogP contribution >= 0.6 is 0 Å². The van der Waals surface area contributed by atoms with Crippen LogP contribution in [0.1, 0.15) is 37.3 Å². The zero-order valence-corrected chi connectivity index (χ0v) is 17.0. The molecule has 30 heavy (non-hydrogen) atoms. The topological polar surface area (TPSA) is 70.7 Å². The van der Waals surface area contributed by atoms with Crippen LogP contribution in [0.15, 0.2) is 48.1 Å². The van der Waals surface area contributed by atoms with Crippen LogP contribution in [0.25, 0.3) is 6.08 Å². The van der Waals surface area contributed by atoms with E-state index in [1.807, 2.05) is 12.1 Å². The molecule has 1 heterocycles. The number of rotatable bonds is 4. The lowest BCUT2D eigenvalue weighted by atomic mass is 9.94. The van der Waals surface area contributed by atoms with Crippen LogP contribution in [0.5, 0.6) is 0 Å². The highest BCUT2D eigenvalue weighted by molar-refractivity contribution is 6.05. The van der Waals surface area contributed by atoms with Crippen molar-refractivity contribution in [2.24, 2.45) is 16.8 Å². The van der Waals surface area contributed by atoms with E-state index in [1.165, 1.54) is 11.9 Å². The van der Waals surface area contributed by atoms with Crippen molar-refractivity contribution in [2.45, 2.75) is 26.2 Å². The Kier molecular flexibility index (Phi) is 6.95. The number of nitrogens with one attached hydrogen (secondary N) is 1. The molecule has 2 aromatic carbocycles. The molecule has 1 aliphatic heterocycles. The highest BCUT2D eigenvalue weighted by Crippen LogP contribution is 2.31. The van der Waals surface area contributed by atoms with E-state index in [0.29, 0.717) is 37.3 Å². The molecule has 158 valence electrons. The number of amides is 1. The Morgan fingerprint density at radius 1 is 1.33 bits per heavy atom. The Morgan fingerprint density at radius 3 is 2.83 bits per heavy atom. The van der Waals surface area contributed by atoms with Gasteiger partial charge in [0.25, 0.3) is 0 Å². The van der Waals surface area contributed by atoms with Gasteiger partial charge in [-0.15, -0.1) is 0 Å². The molecule has 0 aliphatic carbocycles. The van der Waals surface area contributed by atoms with E-state index in [9.17, 15) is 13.6 Å². The van der Waals surface area contributed by atoms with Gasteiger partial charge in [0.1, 0.15) is 11.6 Å². The SMILES string of the molecule is C=Cc1ccc2c(c1)N(C(C)=O)/N=C(/c1cc(F)ccc1F)CCC(CCN)CN2. The van der Waals surface area contributed by atoms with Gasteiger partial charge < -0.3 is 11.1 Å². The number of halogens is 2. The average molecular weight is 412 g/mol. The van der Waals surface area contributed by atoms with Crippen molar-refractivity contribution in [3.8, 4) is 0 Å². The third-order valence-electron chi connectivity index (χ3n) is 5.19. The number of anilines is 2. The van der Waals surface area contributed by atoms with Crippen LogP contribution in [-0.4, -0.2) is 24.7 Å². The molecule has 5 nitrogen and oxygen atoms in total. The van der Waals surface area contributed by atoms with Gasteiger partial charge in [-0.1, -0.05) is 18.7 Å². The summed E-state index contributed by atoms with van der Waals surface area (Å²) >= 11 is 0. The Labute approximate surface area is 175 Å². The lowest BCUT2D eigenvalue weighted by molar-refractivity contribution is -0.116. The molecule has 0 saturated carbocycles. The molecular weight excluding hydrogens is 386 g/mol. The summed E-state index contributed by atoms with van der Waals surface area (Å²) < 4.78 is 28.4. The standard InChI is InChI=1S/C23H26F2N4O/c1-3-16-4-9-22-23(12-16)29(15(2)30)28-21(8-5-17(10-11-26)14-27-22)19-13-18(24)6-7-20(19)25/h3-4,6-7,9,12-13,17,27H,1,5,8,10-11,14,26H2,2H3/b28-21+. The first-order valence-electron chi connectivity index (χ1n) is 9.97. The molecule has 0 saturated heterocycles. The summed E-state index contributed by atoms with van der Waals surface area (Å²) in [4.78, 5) is 12.5. The van der Waals surface area contributed by atoms with E-state index in [-0.39, 0.29) is 17.4 Å². The van der Waals surface area contributed by atoms with Crippen molar-refractivity contribution in [3.63, 3.8) is 0 Å². The number of fused-ring (bicyclic) bond motifs is 1. The van der Waals surface area contributed by atoms with E-state index in [2.05, 4.69) is 17.0 Å². The van der Waals surface area contributed by atoms with Gasteiger partial charge in [0.15, 0.2) is 0 Å². The maximum absolute atomic E-state index is 14.6. The van der Waals surface area contributed by atoms with Gasteiger partial charge in [-0.3, -0.25) is 4.79 Å². The number of nitrogens with zero attached hydrogens (tertiary/aromatic N) is 2. The molecule has 3 rings (SSSR count). The second kappa shape index (κ2) is 9.63. The number of carbonyl (C=O) groups is 1. The lowest BCUT2D eigenvalue weighted by Gasteiger charge is -2.26. The number of nitrogens with two attached hydrogens (primary N) is 1. The summed E-state index contributed by atoms with van der Waals surface area (Å²) in [5.41, 5.74) is 8.22. The number of hydrazone groups is 1. The number of benzene rings is 2. The Morgan fingerprint density at radius 2 is 2.13 bits per heavy atom. The Balaban J connectivity index is 2.18. The Hall–Kier alpha value is -3.06. The fourth-order valence-electron chi connectivity index (χ4n) is 3.55. The largest absolute Gasteiger partial charge is 0.383 e. The normalized spacial score (nSPS) is 18.6. The van der Waals surface area contributed by atoms with Crippen LogP contribution in [0.4, 0.5) is 20.2 Å². The van der Waals surface area contributed by atoms with Crippen LogP contribution in [0.3, 0.4) is 0 Å². The van der Waals surface area contributed by atoms with Crippen molar-refractivity contribution in [3.05, 3.63) is 65.7 Å². The van der Waals surface area contributed by atoms with E-state index in [4.69, 9.17) is 5.73 Å². The lowest BCUT2D eigenvalue weighted by Crippen LogP contribution is -2.28. The van der Waals surface area contributed by atoms with Crippen molar-refractivity contribution in [2.75, 3.05) is 23.4 Å². The van der Waals surface area contributed by atoms with E-state index >= 15 is 0 Å². The first kappa shape index (κ1) is 21.6. The van der Waals surface area contributed by atoms with E-state index in [1.54, 1.807) is 12.1 Å². The van der Waals surface area contributed by atoms with Crippen LogP contribution < -0.4 is 16.1 Å². The molecule has 1 aliphatic rings. The second-order valence-electron chi connectivity index (χ2n) is 7.35. The summed E-state index contributed by atoms with van der Waals surface area (Å²) in [5, 5.41) is 9.13. The number of carbonyl (C=O) groups excluding carboxylic acids is 1. The molecule has 0 spiro atoms. The molecule has 0 fully saturated rings. The van der Waals surface area contributed by atoms with E-state index in [0.717, 1.165) is 35.9 Å². The monoisotopic (exact) mass is 412 g/mol. The quantitative estimate of drug-likeness (QED) is 0.775. The van der Waals surface area contributed by atoms with Crippen molar-refractivity contribution in [1.29, 1.82) is 0 Å². The van der Waals surface area contributed by atoms with Crippen molar-refractivity contribution in [1.82, 2.24) is 0 Å². The van der Waals surface area contributed by atoms with Crippen LogP contribution in [0.2, 0.25) is 0 Å². The van der Waals surface area contributed by atoms with Gasteiger partial charge in [0, 0.05) is 19.0 Å². The molecule has 0 aromatic heterocycles. The smallest absolute Gasteiger partial charge is 0.244 e. The minimum Gasteiger partial charge on any atom is -0.383 e. The van der Waals surface area contributed by atoms with Gasteiger partial charge in [0.05, 0.1) is 17.1 Å². The third kappa shape index (κ3) is 4.91. The summed E-state index contributed by atoms with van der Waals surface area (Å²) in [5.74, 6) is -1.26. The molecule has 1 amide bonds. The van der Waals surface area contributed by atoms with Gasteiger partial charge in [0.2, 0.25) is 5.91 Å². The van der Waals surface area contributed by atoms with Crippen molar-refractivity contribution >= 4 is 29.1 Å². The third-order valence-corrected chi connectivity index (χ3v) is 5.19. The molecule has 1 unspecified atom stereocenters. The Bertz CT molecular complexity index is 974. The molecule has 0 bridgehead atoms. The first-order chi connectivity index (χ1) is 14.4. The van der Waals surface area contributed by atoms with E-state index < -0.39 is 11.6 Å². The predicted octanol–water partition coefficient (Wildman–Crippen LogP) is 4.54. The minimum absolute atomic E-state index is 0.0581. The maximum atomic E-state index is 14.6. The maximum Gasteiger partial charge on any atom is 0.244 e. The summed E-state index contributed by atoms with van der Waals surface area (Å²) in [6, 6.07) is 8.80. The molecular formula is C23H26F2N4O. The highest BCUT2D eigenvalue weighted by Gasteiger charge is 2.22. The predicted molar refractivity (Wildman–Crippen MR) is 117 cm³/mol. The first-order valence-corrected chi connectivity index (χ1v) is 9.97. The highest BCUT2D eigenvalue weighted by atomic mass is 19.1. The van der Waals surface area contributed by atoms with Crippen molar-refractivity contribution < 1.29 is 13.6 Å². The van der Waals surface area contributed by atoms with Gasteiger partial charge in [-0.2, -0.15) is 10.1 Å². The molecule has 1 atom stereocenters. The van der Waals surface area contributed by atoms with Gasteiger partial charge in [-0.25, -0.2) is 8.78 Å². The fraction of sp³-hybridized carbons (Fsp3) is 0.304. The molecule has 3 N–H and O–H groups in total. The number of hydrogen-bond acceptors (Lipinski definition) is 4. The fourth-order valence-corrected chi connectivity index (χ4v) is 3.55. The minimum atomic E-state index is -0.579. The van der Waals surface area contributed by atoms with Crippen LogP contribution in [-0.2, 0) is 4.79 Å². The summed E-state index contributed by atoms with van der Waals surface area (Å²) in [6.07, 6.45) is 3.51. The molecule has 0 radical (unpaired) electrons. The summed E-state index contributed by atoms with van der Waals surface area (Å²) in [7, 11) is 0. The van der Waals surface area contributed by atoms with Gasteiger partial charge in [-0.05, 0) is 67.6 Å². The molecule has 7 heteroatoms. The zero-order valence-electron chi connectivity index (χ0n) is 17.0. The molecule has 2 aromatic rings. The average Bonchev–Trinajstić information content (AvgIpc) is 2.73. The zero-order chi connectivity index (χ0) is 21.7. The second-order valence-corrected chi connectivity index (χ2v) is 7.35. The number of hydrogen-bond donors (Lipinski definition) is 2.